The second-order valence-electron chi connectivity index (χ2n) is 6.43. The SMILES string of the molecule is C[C@H](NC(=O)C[NH+]1CC=C(c2ccccc2)CC1)c1ccccc1. The van der Waals surface area contributed by atoms with Gasteiger partial charge in [0.05, 0.1) is 19.1 Å². The van der Waals surface area contributed by atoms with Gasteiger partial charge in [0.2, 0.25) is 0 Å². The van der Waals surface area contributed by atoms with Gasteiger partial charge in [-0.15, -0.1) is 0 Å². The molecule has 0 fully saturated rings. The molecule has 2 aromatic carbocycles. The van der Waals surface area contributed by atoms with Crippen molar-refractivity contribution in [2.24, 2.45) is 0 Å². The maximum atomic E-state index is 12.3. The van der Waals surface area contributed by atoms with Gasteiger partial charge >= 0.3 is 0 Å². The second-order valence-corrected chi connectivity index (χ2v) is 6.43. The van der Waals surface area contributed by atoms with Crippen molar-refractivity contribution in [3.8, 4) is 0 Å². The lowest BCUT2D eigenvalue weighted by atomic mass is 9.99. The van der Waals surface area contributed by atoms with Crippen molar-refractivity contribution in [1.29, 1.82) is 0 Å². The normalized spacial score (nSPS) is 18.5. The molecule has 0 spiro atoms. The van der Waals surface area contributed by atoms with E-state index < -0.39 is 0 Å². The Hall–Kier alpha value is -2.39. The van der Waals surface area contributed by atoms with Crippen molar-refractivity contribution in [1.82, 2.24) is 5.32 Å². The third kappa shape index (κ3) is 4.33. The summed E-state index contributed by atoms with van der Waals surface area (Å²) in [6.45, 7) is 4.49. The molecule has 24 heavy (non-hydrogen) atoms. The molecular weight excluding hydrogens is 296 g/mol. The highest BCUT2D eigenvalue weighted by molar-refractivity contribution is 5.77. The van der Waals surface area contributed by atoms with Gasteiger partial charge in [0.1, 0.15) is 0 Å². The first-order valence-corrected chi connectivity index (χ1v) is 8.64. The summed E-state index contributed by atoms with van der Waals surface area (Å²) < 4.78 is 0. The lowest BCUT2D eigenvalue weighted by molar-refractivity contribution is -0.886. The van der Waals surface area contributed by atoms with E-state index in [-0.39, 0.29) is 11.9 Å². The van der Waals surface area contributed by atoms with Gasteiger partial charge < -0.3 is 10.2 Å². The third-order valence-electron chi connectivity index (χ3n) is 4.62. The molecule has 3 nitrogen and oxygen atoms in total. The van der Waals surface area contributed by atoms with Crippen LogP contribution in [0.2, 0.25) is 0 Å². The zero-order valence-electron chi connectivity index (χ0n) is 14.2. The number of hydrogen-bond donors (Lipinski definition) is 2. The number of nitrogens with one attached hydrogen (secondary N) is 2. The number of amides is 1. The van der Waals surface area contributed by atoms with Gasteiger partial charge in [-0.3, -0.25) is 4.79 Å². The van der Waals surface area contributed by atoms with Gasteiger partial charge in [-0.25, -0.2) is 0 Å². The van der Waals surface area contributed by atoms with Crippen LogP contribution in [-0.2, 0) is 4.79 Å². The molecule has 1 aliphatic heterocycles. The summed E-state index contributed by atoms with van der Waals surface area (Å²) in [4.78, 5) is 13.6. The third-order valence-corrected chi connectivity index (χ3v) is 4.62. The fourth-order valence-corrected chi connectivity index (χ4v) is 3.20. The van der Waals surface area contributed by atoms with E-state index in [9.17, 15) is 4.79 Å². The van der Waals surface area contributed by atoms with E-state index in [1.807, 2.05) is 43.3 Å². The van der Waals surface area contributed by atoms with Crippen molar-refractivity contribution in [3.63, 3.8) is 0 Å². The van der Waals surface area contributed by atoms with Crippen molar-refractivity contribution in [2.75, 3.05) is 19.6 Å². The summed E-state index contributed by atoms with van der Waals surface area (Å²) in [5, 5.41) is 3.11. The minimum atomic E-state index is 0.0540. The molecule has 1 heterocycles. The van der Waals surface area contributed by atoms with Gasteiger partial charge in [0, 0.05) is 6.42 Å². The van der Waals surface area contributed by atoms with Gasteiger partial charge in [-0.05, 0) is 29.7 Å². The van der Waals surface area contributed by atoms with E-state index in [1.54, 1.807) is 0 Å². The molecule has 3 heteroatoms. The zero-order chi connectivity index (χ0) is 16.8. The lowest BCUT2D eigenvalue weighted by Gasteiger charge is -2.24. The highest BCUT2D eigenvalue weighted by Crippen LogP contribution is 2.17. The van der Waals surface area contributed by atoms with Crippen LogP contribution in [0.3, 0.4) is 0 Å². The Bertz CT molecular complexity index is 694. The molecule has 0 aliphatic carbocycles. The van der Waals surface area contributed by atoms with Crippen LogP contribution in [0.15, 0.2) is 66.7 Å². The van der Waals surface area contributed by atoms with Crippen molar-refractivity contribution in [3.05, 3.63) is 77.9 Å². The topological polar surface area (TPSA) is 33.5 Å². The predicted molar refractivity (Wildman–Crippen MR) is 97.6 cm³/mol. The Balaban J connectivity index is 1.51. The molecule has 0 saturated carbocycles. The fourth-order valence-electron chi connectivity index (χ4n) is 3.20. The van der Waals surface area contributed by atoms with E-state index in [1.165, 1.54) is 16.0 Å². The average molecular weight is 321 g/mol. The Labute approximate surface area is 144 Å². The predicted octanol–water partition coefficient (Wildman–Crippen LogP) is 2.24. The minimum absolute atomic E-state index is 0.0540. The first-order valence-electron chi connectivity index (χ1n) is 8.64. The van der Waals surface area contributed by atoms with Gasteiger partial charge in [0.25, 0.3) is 5.91 Å². The first kappa shape index (κ1) is 16.5. The van der Waals surface area contributed by atoms with E-state index in [4.69, 9.17) is 0 Å². The lowest BCUT2D eigenvalue weighted by Crippen LogP contribution is -3.13. The molecule has 1 unspecified atom stereocenters. The summed E-state index contributed by atoms with van der Waals surface area (Å²) in [5.74, 6) is 0.123. The van der Waals surface area contributed by atoms with Crippen LogP contribution >= 0.6 is 0 Å². The molecule has 1 aliphatic rings. The molecular formula is C21H25N2O+. The van der Waals surface area contributed by atoms with Crippen molar-refractivity contribution in [2.45, 2.75) is 19.4 Å². The van der Waals surface area contributed by atoms with Crippen LogP contribution in [0.4, 0.5) is 0 Å². The van der Waals surface area contributed by atoms with Crippen LogP contribution in [0.25, 0.3) is 5.57 Å². The number of benzene rings is 2. The fraction of sp³-hybridized carbons (Fsp3) is 0.286. The van der Waals surface area contributed by atoms with Crippen molar-refractivity contribution < 1.29 is 9.69 Å². The molecule has 0 aromatic heterocycles. The molecule has 0 saturated heterocycles. The number of carbonyl (C=O) groups is 1. The van der Waals surface area contributed by atoms with E-state index in [0.717, 1.165) is 25.1 Å². The van der Waals surface area contributed by atoms with Crippen LogP contribution in [0.5, 0.6) is 0 Å². The Morgan fingerprint density at radius 2 is 1.75 bits per heavy atom. The second kappa shape index (κ2) is 7.93. The highest BCUT2D eigenvalue weighted by Gasteiger charge is 2.19. The van der Waals surface area contributed by atoms with E-state index in [2.05, 4.69) is 35.7 Å². The van der Waals surface area contributed by atoms with Crippen LogP contribution < -0.4 is 10.2 Å². The van der Waals surface area contributed by atoms with Gasteiger partial charge in [-0.1, -0.05) is 60.7 Å². The summed E-state index contributed by atoms with van der Waals surface area (Å²) in [6.07, 6.45) is 3.31. The van der Waals surface area contributed by atoms with Crippen LogP contribution in [-0.4, -0.2) is 25.5 Å². The quantitative estimate of drug-likeness (QED) is 0.870. The molecule has 0 radical (unpaired) electrons. The Morgan fingerprint density at radius 3 is 2.38 bits per heavy atom. The Morgan fingerprint density at radius 1 is 1.08 bits per heavy atom. The molecule has 3 rings (SSSR count). The minimum Gasteiger partial charge on any atom is -0.345 e. The average Bonchev–Trinajstić information content (AvgIpc) is 2.64. The van der Waals surface area contributed by atoms with Crippen LogP contribution in [0, 0.1) is 0 Å². The standard InChI is InChI=1S/C21H24N2O/c1-17(18-8-4-2-5-9-18)22-21(24)16-23-14-12-20(13-15-23)19-10-6-3-7-11-19/h2-12,17H,13-16H2,1H3,(H,22,24)/p+1/t17-/m0/s1. The maximum Gasteiger partial charge on any atom is 0.275 e. The molecule has 1 amide bonds. The molecule has 2 atom stereocenters. The van der Waals surface area contributed by atoms with E-state index in [0.29, 0.717) is 6.54 Å². The zero-order valence-corrected chi connectivity index (χ0v) is 14.2. The summed E-state index contributed by atoms with van der Waals surface area (Å²) in [5.41, 5.74) is 3.85. The monoisotopic (exact) mass is 321 g/mol. The van der Waals surface area contributed by atoms with Crippen LogP contribution in [0.1, 0.15) is 30.5 Å². The highest BCUT2D eigenvalue weighted by atomic mass is 16.2. The number of hydrogen-bond acceptors (Lipinski definition) is 1. The smallest absolute Gasteiger partial charge is 0.275 e. The molecule has 2 aromatic rings. The van der Waals surface area contributed by atoms with Crippen molar-refractivity contribution >= 4 is 11.5 Å². The first-order chi connectivity index (χ1) is 11.7. The Kier molecular flexibility index (Phi) is 5.44. The number of rotatable bonds is 5. The van der Waals surface area contributed by atoms with Gasteiger partial charge in [0.15, 0.2) is 6.54 Å². The number of quaternary nitrogens is 1. The number of carbonyl (C=O) groups excluding carboxylic acids is 1. The molecule has 2 N–H and O–H groups in total. The largest absolute Gasteiger partial charge is 0.345 e. The summed E-state index contributed by atoms with van der Waals surface area (Å²) in [6, 6.07) is 20.7. The maximum absolute atomic E-state index is 12.3. The van der Waals surface area contributed by atoms with Gasteiger partial charge in [-0.2, -0.15) is 0 Å². The summed E-state index contributed by atoms with van der Waals surface area (Å²) in [7, 11) is 0. The van der Waals surface area contributed by atoms with E-state index >= 15 is 0 Å². The molecule has 124 valence electrons. The molecule has 0 bridgehead atoms. The summed E-state index contributed by atoms with van der Waals surface area (Å²) >= 11 is 0.